The van der Waals surface area contributed by atoms with Crippen LogP contribution in [0.3, 0.4) is 0 Å². The van der Waals surface area contributed by atoms with Crippen LogP contribution in [-0.4, -0.2) is 79.0 Å². The van der Waals surface area contributed by atoms with E-state index in [4.69, 9.17) is 0 Å². The van der Waals surface area contributed by atoms with Crippen molar-refractivity contribution in [1.29, 1.82) is 0 Å². The van der Waals surface area contributed by atoms with Gasteiger partial charge in [-0.25, -0.2) is 4.79 Å². The van der Waals surface area contributed by atoms with E-state index in [1.165, 1.54) is 56.9 Å². The molecule has 2 unspecified atom stereocenters. The molecule has 0 aromatic carbocycles. The molecule has 6 heteroatoms. The molecule has 1 N–H and O–H groups in total. The first kappa shape index (κ1) is 27.5. The van der Waals surface area contributed by atoms with E-state index in [0.717, 1.165) is 77.5 Å². The summed E-state index contributed by atoms with van der Waals surface area (Å²) in [5.41, 5.74) is 1.86. The smallest absolute Gasteiger partial charge is 0.317 e. The molecular formula is C30H52N4O2. The molecule has 3 amide bonds. The second kappa shape index (κ2) is 12.8. The highest BCUT2D eigenvalue weighted by Gasteiger charge is 2.51. The van der Waals surface area contributed by atoms with Gasteiger partial charge in [0.25, 0.3) is 0 Å². The first-order valence-corrected chi connectivity index (χ1v) is 15.1. The van der Waals surface area contributed by atoms with E-state index in [1.807, 2.05) is 0 Å². The first-order chi connectivity index (χ1) is 17.4. The van der Waals surface area contributed by atoms with Crippen molar-refractivity contribution in [3.63, 3.8) is 0 Å². The second-order valence-electron chi connectivity index (χ2n) is 12.5. The molecule has 5 aliphatic rings. The number of piperazine rings is 1. The molecular weight excluding hydrogens is 448 g/mol. The van der Waals surface area contributed by atoms with Gasteiger partial charge in [-0.3, -0.25) is 9.69 Å². The molecule has 36 heavy (non-hydrogen) atoms. The Morgan fingerprint density at radius 1 is 1.06 bits per heavy atom. The van der Waals surface area contributed by atoms with Crippen molar-refractivity contribution in [3.05, 3.63) is 11.6 Å². The van der Waals surface area contributed by atoms with Gasteiger partial charge < -0.3 is 15.1 Å². The van der Waals surface area contributed by atoms with Gasteiger partial charge in [0, 0.05) is 58.3 Å². The van der Waals surface area contributed by atoms with E-state index in [1.54, 1.807) is 0 Å². The molecule has 0 aromatic rings. The minimum Gasteiger partial charge on any atom is -0.340 e. The third kappa shape index (κ3) is 6.65. The van der Waals surface area contributed by atoms with Crippen LogP contribution in [0.2, 0.25) is 0 Å². The lowest BCUT2D eigenvalue weighted by atomic mass is 9.49. The number of fused-ring (bicyclic) bond motifs is 1. The van der Waals surface area contributed by atoms with Gasteiger partial charge in [0.2, 0.25) is 5.91 Å². The molecule has 3 fully saturated rings. The number of rotatable bonds is 13. The molecule has 4 aliphatic carbocycles. The van der Waals surface area contributed by atoms with E-state index in [0.29, 0.717) is 23.2 Å². The highest BCUT2D eigenvalue weighted by Crippen LogP contribution is 2.59. The van der Waals surface area contributed by atoms with E-state index >= 15 is 0 Å². The lowest BCUT2D eigenvalue weighted by Gasteiger charge is -2.57. The van der Waals surface area contributed by atoms with Crippen LogP contribution in [0, 0.1) is 23.2 Å². The number of hydrogen-bond acceptors (Lipinski definition) is 3. The predicted molar refractivity (Wildman–Crippen MR) is 147 cm³/mol. The van der Waals surface area contributed by atoms with Gasteiger partial charge in [0.1, 0.15) is 0 Å². The number of urea groups is 1. The van der Waals surface area contributed by atoms with Crippen LogP contribution in [-0.2, 0) is 4.79 Å². The predicted octanol–water partition coefficient (Wildman–Crippen LogP) is 5.30. The summed E-state index contributed by atoms with van der Waals surface area (Å²) >= 11 is 0. The first-order valence-electron chi connectivity index (χ1n) is 15.1. The zero-order valence-corrected chi connectivity index (χ0v) is 23.4. The number of hydrogen-bond donors (Lipinski definition) is 1. The average Bonchev–Trinajstić information content (AvgIpc) is 2.85. The Kier molecular flexibility index (Phi) is 9.77. The highest BCUT2D eigenvalue weighted by molar-refractivity contribution is 5.79. The summed E-state index contributed by atoms with van der Waals surface area (Å²) in [7, 11) is 0. The minimum absolute atomic E-state index is 0.0995. The van der Waals surface area contributed by atoms with E-state index in [-0.39, 0.29) is 6.03 Å². The van der Waals surface area contributed by atoms with Crippen molar-refractivity contribution in [2.45, 2.75) is 91.4 Å². The average molecular weight is 501 g/mol. The van der Waals surface area contributed by atoms with E-state index in [2.05, 4.69) is 46.9 Å². The molecule has 0 radical (unpaired) electrons. The molecule has 2 atom stereocenters. The zero-order valence-electron chi connectivity index (χ0n) is 23.4. The normalized spacial score (nSPS) is 25.5. The Hall–Kier alpha value is -1.56. The van der Waals surface area contributed by atoms with Crippen molar-refractivity contribution >= 4 is 11.9 Å². The topological polar surface area (TPSA) is 55.9 Å². The molecule has 2 saturated carbocycles. The van der Waals surface area contributed by atoms with Crippen molar-refractivity contribution in [1.82, 2.24) is 20.0 Å². The Balaban J connectivity index is 1.25. The van der Waals surface area contributed by atoms with Crippen LogP contribution >= 0.6 is 0 Å². The number of amides is 3. The standard InChI is InChI=1S/C30H52N4O2/c1-4-5-6-7-8-9-15-31-29(36)34(23-25-13-14-26-22-27(25)30(26,2)3)21-18-32-16-19-33(20-17-32)28(35)24-11-10-12-24/h13,24,26-27H,4-12,14-23H2,1-3H3,(H,31,36). The Bertz CT molecular complexity index is 767. The lowest BCUT2D eigenvalue weighted by molar-refractivity contribution is -0.139. The number of unbranched alkanes of at least 4 members (excludes halogenated alkanes) is 5. The van der Waals surface area contributed by atoms with Crippen molar-refractivity contribution in [2.75, 3.05) is 52.4 Å². The van der Waals surface area contributed by atoms with Gasteiger partial charge in [-0.15, -0.1) is 0 Å². The van der Waals surface area contributed by atoms with Gasteiger partial charge in [-0.1, -0.05) is 70.9 Å². The third-order valence-corrected chi connectivity index (χ3v) is 9.87. The summed E-state index contributed by atoms with van der Waals surface area (Å²) in [6, 6.07) is 0.0995. The van der Waals surface area contributed by atoms with Gasteiger partial charge in [0.15, 0.2) is 0 Å². The van der Waals surface area contributed by atoms with Crippen molar-refractivity contribution in [3.8, 4) is 0 Å². The lowest BCUT2D eigenvalue weighted by Crippen LogP contribution is -2.54. The minimum atomic E-state index is 0.0995. The Morgan fingerprint density at radius 2 is 1.78 bits per heavy atom. The van der Waals surface area contributed by atoms with E-state index < -0.39 is 0 Å². The molecule has 6 nitrogen and oxygen atoms in total. The molecule has 0 aromatic heterocycles. The van der Waals surface area contributed by atoms with Crippen molar-refractivity contribution in [2.24, 2.45) is 23.2 Å². The van der Waals surface area contributed by atoms with Gasteiger partial charge in [0.05, 0.1) is 0 Å². The number of nitrogens with one attached hydrogen (secondary N) is 1. The molecule has 5 rings (SSSR count). The fraction of sp³-hybridized carbons (Fsp3) is 0.867. The maximum absolute atomic E-state index is 13.3. The summed E-state index contributed by atoms with van der Waals surface area (Å²) in [5.74, 6) is 2.12. The monoisotopic (exact) mass is 500 g/mol. The fourth-order valence-electron chi connectivity index (χ4n) is 6.71. The number of nitrogens with zero attached hydrogens (tertiary/aromatic N) is 3. The molecule has 2 bridgehead atoms. The molecule has 1 saturated heterocycles. The second-order valence-corrected chi connectivity index (χ2v) is 12.5. The SMILES string of the molecule is CCCCCCCCNC(=O)N(CCN1CCN(C(=O)C2CCC2)CC1)CC1=CCC2CC1C2(C)C. The van der Waals surface area contributed by atoms with Crippen LogP contribution in [0.1, 0.15) is 91.4 Å². The van der Waals surface area contributed by atoms with Gasteiger partial charge in [-0.05, 0) is 49.4 Å². The Labute approximate surface area is 220 Å². The van der Waals surface area contributed by atoms with Crippen LogP contribution in [0.5, 0.6) is 0 Å². The summed E-state index contributed by atoms with van der Waals surface area (Å²) in [5, 5.41) is 3.24. The molecule has 1 heterocycles. The number of carbonyl (C=O) groups is 2. The molecule has 0 spiro atoms. The summed E-state index contributed by atoms with van der Waals surface area (Å²) in [6.07, 6.45) is 15.7. The zero-order chi connectivity index (χ0) is 25.5. The van der Waals surface area contributed by atoms with E-state index in [9.17, 15) is 9.59 Å². The van der Waals surface area contributed by atoms with Gasteiger partial charge >= 0.3 is 6.03 Å². The maximum atomic E-state index is 13.3. The maximum Gasteiger partial charge on any atom is 0.317 e. The highest BCUT2D eigenvalue weighted by atomic mass is 16.2. The number of carbonyl (C=O) groups excluding carboxylic acids is 2. The largest absolute Gasteiger partial charge is 0.340 e. The third-order valence-electron chi connectivity index (χ3n) is 9.87. The molecule has 204 valence electrons. The van der Waals surface area contributed by atoms with Crippen LogP contribution in [0.4, 0.5) is 4.79 Å². The van der Waals surface area contributed by atoms with Gasteiger partial charge in [-0.2, -0.15) is 0 Å². The van der Waals surface area contributed by atoms with Crippen molar-refractivity contribution < 1.29 is 9.59 Å². The van der Waals surface area contributed by atoms with Crippen LogP contribution < -0.4 is 5.32 Å². The summed E-state index contributed by atoms with van der Waals surface area (Å²) < 4.78 is 0. The Morgan fingerprint density at radius 3 is 2.42 bits per heavy atom. The molecule has 1 aliphatic heterocycles. The summed E-state index contributed by atoms with van der Waals surface area (Å²) in [6.45, 7) is 13.8. The van der Waals surface area contributed by atoms with Crippen LogP contribution in [0.25, 0.3) is 0 Å². The quantitative estimate of drug-likeness (QED) is 0.276. The van der Waals surface area contributed by atoms with Crippen LogP contribution in [0.15, 0.2) is 11.6 Å². The summed E-state index contributed by atoms with van der Waals surface area (Å²) in [4.78, 5) is 32.5. The fourth-order valence-corrected chi connectivity index (χ4v) is 6.71. The number of allylic oxidation sites excluding steroid dienone is 1.